The van der Waals surface area contributed by atoms with Crippen LogP contribution in [0.2, 0.25) is 0 Å². The highest BCUT2D eigenvalue weighted by molar-refractivity contribution is 6.05. The van der Waals surface area contributed by atoms with Gasteiger partial charge in [-0.1, -0.05) is 38.1 Å². The molecule has 0 aromatic heterocycles. The lowest BCUT2D eigenvalue weighted by Gasteiger charge is -2.09. The summed E-state index contributed by atoms with van der Waals surface area (Å²) >= 11 is 0. The van der Waals surface area contributed by atoms with E-state index in [-0.39, 0.29) is 5.97 Å². The number of cyclic esters (lactones) is 1. The maximum atomic E-state index is 12.2. The van der Waals surface area contributed by atoms with E-state index in [0.717, 1.165) is 11.1 Å². The molecule has 134 valence electrons. The average molecular weight is 350 g/mol. The fourth-order valence-electron chi connectivity index (χ4n) is 2.78. The number of esters is 1. The van der Waals surface area contributed by atoms with Crippen LogP contribution in [-0.2, 0) is 9.53 Å². The van der Waals surface area contributed by atoms with Crippen molar-refractivity contribution in [2.24, 2.45) is 0 Å². The summed E-state index contributed by atoms with van der Waals surface area (Å²) in [6.45, 7) is 4.31. The number of methoxy groups -OCH3 is 2. The molecule has 0 radical (unpaired) electrons. The molecule has 0 spiro atoms. The van der Waals surface area contributed by atoms with Crippen molar-refractivity contribution in [1.29, 1.82) is 0 Å². The molecule has 2 aromatic rings. The fraction of sp³-hybridized carbons (Fsp3) is 0.227. The van der Waals surface area contributed by atoms with Gasteiger partial charge >= 0.3 is 5.97 Å². The minimum atomic E-state index is -0.359. The van der Waals surface area contributed by atoms with Crippen LogP contribution in [0.25, 0.3) is 11.8 Å². The van der Waals surface area contributed by atoms with Gasteiger partial charge in [0.05, 0.1) is 19.8 Å². The molecule has 1 aliphatic rings. The van der Waals surface area contributed by atoms with Crippen molar-refractivity contribution in [2.75, 3.05) is 14.2 Å². The van der Waals surface area contributed by atoms with E-state index in [2.05, 4.69) is 26.0 Å². The quantitative estimate of drug-likeness (QED) is 0.573. The van der Waals surface area contributed by atoms with E-state index < -0.39 is 0 Å². The molecule has 4 nitrogen and oxygen atoms in total. The lowest BCUT2D eigenvalue weighted by Crippen LogP contribution is -1.98. The summed E-state index contributed by atoms with van der Waals surface area (Å²) in [5, 5.41) is 0. The molecule has 0 amide bonds. The van der Waals surface area contributed by atoms with Gasteiger partial charge in [-0.25, -0.2) is 4.79 Å². The van der Waals surface area contributed by atoms with E-state index in [1.54, 1.807) is 32.4 Å². The van der Waals surface area contributed by atoms with Crippen LogP contribution in [0.3, 0.4) is 0 Å². The zero-order chi connectivity index (χ0) is 18.7. The van der Waals surface area contributed by atoms with Gasteiger partial charge in [-0.3, -0.25) is 0 Å². The van der Waals surface area contributed by atoms with Crippen molar-refractivity contribution in [3.05, 3.63) is 70.8 Å². The van der Waals surface area contributed by atoms with Gasteiger partial charge in [0.2, 0.25) is 0 Å². The van der Waals surface area contributed by atoms with Gasteiger partial charge in [-0.2, -0.15) is 0 Å². The van der Waals surface area contributed by atoms with Crippen LogP contribution in [0.15, 0.2) is 54.1 Å². The Morgan fingerprint density at radius 3 is 2.27 bits per heavy atom. The molecule has 1 aliphatic heterocycles. The highest BCUT2D eigenvalue weighted by Gasteiger charge is 2.23. The lowest BCUT2D eigenvalue weighted by atomic mass is 10.0. The molecule has 2 aromatic carbocycles. The van der Waals surface area contributed by atoms with E-state index in [9.17, 15) is 4.79 Å². The Morgan fingerprint density at radius 1 is 0.962 bits per heavy atom. The van der Waals surface area contributed by atoms with Gasteiger partial charge < -0.3 is 14.2 Å². The Hall–Kier alpha value is -3.01. The minimum absolute atomic E-state index is 0.359. The topological polar surface area (TPSA) is 44.8 Å². The SMILES string of the molecule is COc1ccc(C2=C/C(=C/c3ccc(C(C)C)cc3)C(=O)O2)cc1OC. The van der Waals surface area contributed by atoms with E-state index in [4.69, 9.17) is 14.2 Å². The second-order valence-corrected chi connectivity index (χ2v) is 6.39. The Bertz CT molecular complexity index is 874. The molecule has 0 N–H and O–H groups in total. The Morgan fingerprint density at radius 2 is 1.65 bits per heavy atom. The number of carbonyl (C=O) groups excluding carboxylic acids is 1. The second-order valence-electron chi connectivity index (χ2n) is 6.39. The van der Waals surface area contributed by atoms with Crippen LogP contribution < -0.4 is 9.47 Å². The van der Waals surface area contributed by atoms with Crippen molar-refractivity contribution in [3.8, 4) is 11.5 Å². The third kappa shape index (κ3) is 3.64. The van der Waals surface area contributed by atoms with Gasteiger partial charge in [0, 0.05) is 5.56 Å². The first-order chi connectivity index (χ1) is 12.5. The average Bonchev–Trinajstić information content (AvgIpc) is 3.02. The van der Waals surface area contributed by atoms with Crippen LogP contribution in [0.1, 0.15) is 36.5 Å². The highest BCUT2D eigenvalue weighted by atomic mass is 16.5. The zero-order valence-electron chi connectivity index (χ0n) is 15.4. The first kappa shape index (κ1) is 17.8. The summed E-state index contributed by atoms with van der Waals surface area (Å²) in [7, 11) is 3.15. The van der Waals surface area contributed by atoms with Crippen LogP contribution >= 0.6 is 0 Å². The van der Waals surface area contributed by atoms with Crippen molar-refractivity contribution >= 4 is 17.8 Å². The van der Waals surface area contributed by atoms with E-state index in [0.29, 0.717) is 28.7 Å². The number of ether oxygens (including phenoxy) is 3. The zero-order valence-corrected chi connectivity index (χ0v) is 15.4. The van der Waals surface area contributed by atoms with Crippen molar-refractivity contribution in [3.63, 3.8) is 0 Å². The van der Waals surface area contributed by atoms with Crippen LogP contribution in [0.5, 0.6) is 11.5 Å². The summed E-state index contributed by atoms with van der Waals surface area (Å²) in [6.07, 6.45) is 3.58. The monoisotopic (exact) mass is 350 g/mol. The van der Waals surface area contributed by atoms with Gasteiger partial charge in [0.1, 0.15) is 5.76 Å². The molecule has 26 heavy (non-hydrogen) atoms. The van der Waals surface area contributed by atoms with E-state index in [1.807, 2.05) is 24.3 Å². The number of benzene rings is 2. The molecule has 0 bridgehead atoms. The summed E-state index contributed by atoms with van der Waals surface area (Å²) in [6, 6.07) is 13.6. The Kier molecular flexibility index (Phi) is 5.12. The molecule has 0 saturated carbocycles. The smallest absolute Gasteiger partial charge is 0.343 e. The summed E-state index contributed by atoms with van der Waals surface area (Å²) < 4.78 is 16.0. The first-order valence-electron chi connectivity index (χ1n) is 8.49. The van der Waals surface area contributed by atoms with E-state index >= 15 is 0 Å². The molecule has 0 atom stereocenters. The molecule has 0 aliphatic carbocycles. The highest BCUT2D eigenvalue weighted by Crippen LogP contribution is 2.34. The first-order valence-corrected chi connectivity index (χ1v) is 8.49. The normalized spacial score (nSPS) is 15.2. The summed E-state index contributed by atoms with van der Waals surface area (Å²) in [4.78, 5) is 12.2. The summed E-state index contributed by atoms with van der Waals surface area (Å²) in [5.41, 5.74) is 3.51. The van der Waals surface area contributed by atoms with Crippen molar-refractivity contribution in [1.82, 2.24) is 0 Å². The molecule has 0 saturated heterocycles. The maximum absolute atomic E-state index is 12.2. The number of carbonyl (C=O) groups is 1. The molecule has 3 rings (SSSR count). The molecular formula is C22H22O4. The van der Waals surface area contributed by atoms with Crippen LogP contribution in [-0.4, -0.2) is 20.2 Å². The maximum Gasteiger partial charge on any atom is 0.343 e. The van der Waals surface area contributed by atoms with Gasteiger partial charge in [-0.15, -0.1) is 0 Å². The molecular weight excluding hydrogens is 328 g/mol. The Labute approximate surface area is 153 Å². The largest absolute Gasteiger partial charge is 0.493 e. The second kappa shape index (κ2) is 7.48. The number of hydrogen-bond acceptors (Lipinski definition) is 4. The van der Waals surface area contributed by atoms with Crippen LogP contribution in [0, 0.1) is 0 Å². The third-order valence-electron chi connectivity index (χ3n) is 4.32. The lowest BCUT2D eigenvalue weighted by molar-refractivity contribution is -0.130. The number of rotatable bonds is 5. The predicted octanol–water partition coefficient (Wildman–Crippen LogP) is 4.81. The van der Waals surface area contributed by atoms with Gasteiger partial charge in [0.25, 0.3) is 0 Å². The van der Waals surface area contributed by atoms with Crippen molar-refractivity contribution in [2.45, 2.75) is 19.8 Å². The van der Waals surface area contributed by atoms with Crippen molar-refractivity contribution < 1.29 is 19.0 Å². The van der Waals surface area contributed by atoms with Crippen LogP contribution in [0.4, 0.5) is 0 Å². The molecule has 4 heteroatoms. The molecule has 0 unspecified atom stereocenters. The van der Waals surface area contributed by atoms with Gasteiger partial charge in [-0.05, 0) is 47.4 Å². The number of hydrogen-bond donors (Lipinski definition) is 0. The predicted molar refractivity (Wildman–Crippen MR) is 102 cm³/mol. The standard InChI is InChI=1S/C22H22O4/c1-14(2)16-7-5-15(6-8-16)11-18-13-20(26-22(18)23)17-9-10-19(24-3)21(12-17)25-4/h5-14H,1-4H3/b18-11-. The summed E-state index contributed by atoms with van der Waals surface area (Å²) in [5.74, 6) is 1.83. The molecule has 0 fully saturated rings. The van der Waals surface area contributed by atoms with E-state index in [1.165, 1.54) is 5.56 Å². The fourth-order valence-corrected chi connectivity index (χ4v) is 2.78. The third-order valence-corrected chi connectivity index (χ3v) is 4.32. The Balaban J connectivity index is 1.89. The molecule has 1 heterocycles. The minimum Gasteiger partial charge on any atom is -0.493 e. The van der Waals surface area contributed by atoms with Gasteiger partial charge in [0.15, 0.2) is 11.5 Å².